The highest BCUT2D eigenvalue weighted by molar-refractivity contribution is 5.75. The summed E-state index contributed by atoms with van der Waals surface area (Å²) >= 11 is 0. The van der Waals surface area contributed by atoms with Crippen molar-refractivity contribution in [2.24, 2.45) is 0 Å². The first-order valence-corrected chi connectivity index (χ1v) is 6.78. The lowest BCUT2D eigenvalue weighted by Crippen LogP contribution is -2.20. The summed E-state index contributed by atoms with van der Waals surface area (Å²) in [5.74, 6) is -1.46. The highest BCUT2D eigenvalue weighted by atomic mass is 19.1. The fourth-order valence-corrected chi connectivity index (χ4v) is 1.62. The molecule has 1 aromatic carbocycles. The van der Waals surface area contributed by atoms with Crippen LogP contribution in [0.1, 0.15) is 45.6 Å². The smallest absolute Gasteiger partial charge is 0.223 e. The van der Waals surface area contributed by atoms with Crippen LogP contribution in [0.15, 0.2) is 12.1 Å². The van der Waals surface area contributed by atoms with Crippen molar-refractivity contribution in [3.05, 3.63) is 29.3 Å². The minimum atomic E-state index is -0.688. The Morgan fingerprint density at radius 1 is 1.30 bits per heavy atom. The van der Waals surface area contributed by atoms with E-state index in [0.717, 1.165) is 12.1 Å². The number of nitrogens with one attached hydrogen (secondary N) is 1. The third kappa shape index (κ3) is 5.55. The van der Waals surface area contributed by atoms with E-state index < -0.39 is 11.6 Å². The average Bonchev–Trinajstić information content (AvgIpc) is 2.39. The molecule has 0 aromatic heterocycles. The number of halogens is 2. The van der Waals surface area contributed by atoms with Crippen LogP contribution in [0.4, 0.5) is 8.78 Å². The van der Waals surface area contributed by atoms with E-state index in [1.54, 1.807) is 13.8 Å². The third-order valence-corrected chi connectivity index (χ3v) is 2.50. The zero-order valence-corrected chi connectivity index (χ0v) is 12.7. The zero-order valence-electron chi connectivity index (χ0n) is 12.7. The molecule has 0 fully saturated rings. The molecule has 0 aliphatic heterocycles. The van der Waals surface area contributed by atoms with Crippen molar-refractivity contribution in [2.75, 3.05) is 13.7 Å². The summed E-state index contributed by atoms with van der Waals surface area (Å²) in [6.45, 7) is 7.67. The van der Waals surface area contributed by atoms with E-state index in [1.165, 1.54) is 7.05 Å². The predicted octanol–water partition coefficient (Wildman–Crippen LogP) is 3.63. The van der Waals surface area contributed by atoms with Crippen LogP contribution in [0.2, 0.25) is 0 Å². The van der Waals surface area contributed by atoms with E-state index in [0.29, 0.717) is 5.56 Å². The van der Waals surface area contributed by atoms with Gasteiger partial charge in [-0.3, -0.25) is 4.79 Å². The fourth-order valence-electron chi connectivity index (χ4n) is 1.62. The van der Waals surface area contributed by atoms with Crippen LogP contribution in [0, 0.1) is 11.6 Å². The molecule has 114 valence electrons. The maximum absolute atomic E-state index is 13.6. The van der Waals surface area contributed by atoms with E-state index in [2.05, 4.69) is 5.32 Å². The van der Waals surface area contributed by atoms with Gasteiger partial charge in [-0.2, -0.15) is 0 Å². The van der Waals surface area contributed by atoms with Gasteiger partial charge in [-0.05, 0) is 5.92 Å². The van der Waals surface area contributed by atoms with Crippen LogP contribution >= 0.6 is 0 Å². The van der Waals surface area contributed by atoms with E-state index in [1.807, 2.05) is 13.8 Å². The maximum atomic E-state index is 13.6. The summed E-state index contributed by atoms with van der Waals surface area (Å²) in [6.07, 6.45) is 0.145. The Labute approximate surface area is 119 Å². The van der Waals surface area contributed by atoms with Crippen LogP contribution in [0.25, 0.3) is 0 Å². The Kier molecular flexibility index (Phi) is 8.52. The van der Waals surface area contributed by atoms with Gasteiger partial charge in [0.15, 0.2) is 0 Å². The molecule has 1 amide bonds. The average molecular weight is 287 g/mol. The molecule has 0 spiro atoms. The molecule has 0 aliphatic rings. The van der Waals surface area contributed by atoms with Crippen molar-refractivity contribution >= 4 is 5.91 Å². The molecule has 0 saturated heterocycles. The van der Waals surface area contributed by atoms with Crippen molar-refractivity contribution in [1.29, 1.82) is 0 Å². The Balaban J connectivity index is 0.00000172. The normalized spacial score (nSPS) is 9.80. The lowest BCUT2D eigenvalue weighted by atomic mass is 10.0. The molecule has 0 atom stereocenters. The Morgan fingerprint density at radius 3 is 2.40 bits per heavy atom. The van der Waals surface area contributed by atoms with Gasteiger partial charge >= 0.3 is 0 Å². The molecular weight excluding hydrogens is 264 g/mol. The standard InChI is InChI=1S/C13H17F2NO2.C2H6/c1-8(2)13-10(15)6-9(14)7-11(13)18-5-4-12(17)16-3;1-2/h6-8H,4-5H2,1-3H3,(H,16,17);1-2H3. The van der Waals surface area contributed by atoms with Crippen molar-refractivity contribution in [3.8, 4) is 5.75 Å². The molecule has 0 aliphatic carbocycles. The number of hydrogen-bond donors (Lipinski definition) is 1. The minimum Gasteiger partial charge on any atom is -0.493 e. The summed E-state index contributed by atoms with van der Waals surface area (Å²) in [4.78, 5) is 11.0. The number of carbonyl (C=O) groups is 1. The van der Waals surface area contributed by atoms with Gasteiger partial charge in [-0.1, -0.05) is 27.7 Å². The zero-order chi connectivity index (χ0) is 15.7. The highest BCUT2D eigenvalue weighted by Crippen LogP contribution is 2.30. The second-order valence-corrected chi connectivity index (χ2v) is 4.23. The van der Waals surface area contributed by atoms with E-state index >= 15 is 0 Å². The monoisotopic (exact) mass is 287 g/mol. The number of ether oxygens (including phenoxy) is 1. The first-order chi connectivity index (χ1) is 9.45. The Hall–Kier alpha value is -1.65. The van der Waals surface area contributed by atoms with Gasteiger partial charge in [0.2, 0.25) is 5.91 Å². The van der Waals surface area contributed by atoms with Crippen LogP contribution in [0.5, 0.6) is 5.75 Å². The first kappa shape index (κ1) is 18.4. The van der Waals surface area contributed by atoms with Gasteiger partial charge in [0, 0.05) is 24.7 Å². The van der Waals surface area contributed by atoms with Crippen LogP contribution < -0.4 is 10.1 Å². The summed E-state index contributed by atoms with van der Waals surface area (Å²) in [7, 11) is 1.52. The van der Waals surface area contributed by atoms with Gasteiger partial charge < -0.3 is 10.1 Å². The molecule has 0 radical (unpaired) electrons. The van der Waals surface area contributed by atoms with Crippen LogP contribution in [-0.4, -0.2) is 19.6 Å². The quantitative estimate of drug-likeness (QED) is 0.898. The van der Waals surface area contributed by atoms with Crippen LogP contribution in [-0.2, 0) is 4.79 Å². The van der Waals surface area contributed by atoms with Gasteiger partial charge in [0.25, 0.3) is 0 Å². The van der Waals surface area contributed by atoms with E-state index in [4.69, 9.17) is 4.74 Å². The van der Waals surface area contributed by atoms with E-state index in [9.17, 15) is 13.6 Å². The highest BCUT2D eigenvalue weighted by Gasteiger charge is 2.16. The topological polar surface area (TPSA) is 38.3 Å². The van der Waals surface area contributed by atoms with Crippen molar-refractivity contribution < 1.29 is 18.3 Å². The van der Waals surface area contributed by atoms with Gasteiger partial charge in [-0.15, -0.1) is 0 Å². The number of rotatable bonds is 5. The number of amides is 1. The lowest BCUT2D eigenvalue weighted by molar-refractivity contribution is -0.121. The van der Waals surface area contributed by atoms with Crippen molar-refractivity contribution in [2.45, 2.75) is 40.0 Å². The fraction of sp³-hybridized carbons (Fsp3) is 0.533. The molecule has 1 rings (SSSR count). The third-order valence-electron chi connectivity index (χ3n) is 2.50. The molecule has 0 saturated carbocycles. The number of hydrogen-bond acceptors (Lipinski definition) is 2. The molecule has 1 N–H and O–H groups in total. The number of benzene rings is 1. The predicted molar refractivity (Wildman–Crippen MR) is 76.0 cm³/mol. The summed E-state index contributed by atoms with van der Waals surface area (Å²) in [6, 6.07) is 1.98. The van der Waals surface area contributed by atoms with Crippen LogP contribution in [0.3, 0.4) is 0 Å². The van der Waals surface area contributed by atoms with Gasteiger partial charge in [0.05, 0.1) is 13.0 Å². The van der Waals surface area contributed by atoms with Gasteiger partial charge in [0.1, 0.15) is 17.4 Å². The molecule has 1 aromatic rings. The summed E-state index contributed by atoms with van der Waals surface area (Å²) < 4.78 is 32.0. The SMILES string of the molecule is CC.CNC(=O)CCOc1cc(F)cc(F)c1C(C)C. The second-order valence-electron chi connectivity index (χ2n) is 4.23. The molecule has 5 heteroatoms. The van der Waals surface area contributed by atoms with Gasteiger partial charge in [-0.25, -0.2) is 8.78 Å². The molecule has 0 unspecified atom stereocenters. The molecule has 3 nitrogen and oxygen atoms in total. The van der Waals surface area contributed by atoms with Crippen molar-refractivity contribution in [3.63, 3.8) is 0 Å². The second kappa shape index (κ2) is 9.28. The molecule has 20 heavy (non-hydrogen) atoms. The number of carbonyl (C=O) groups excluding carboxylic acids is 1. The minimum absolute atomic E-state index is 0.0856. The molecule has 0 heterocycles. The van der Waals surface area contributed by atoms with Crippen molar-refractivity contribution in [1.82, 2.24) is 5.32 Å². The summed E-state index contributed by atoms with van der Waals surface area (Å²) in [5, 5.41) is 2.44. The molecular formula is C15H23F2NO2. The lowest BCUT2D eigenvalue weighted by Gasteiger charge is -2.15. The molecule has 0 bridgehead atoms. The maximum Gasteiger partial charge on any atom is 0.223 e. The summed E-state index contributed by atoms with van der Waals surface area (Å²) in [5.41, 5.74) is 0.327. The largest absolute Gasteiger partial charge is 0.493 e. The van der Waals surface area contributed by atoms with E-state index in [-0.39, 0.29) is 30.6 Å². The Morgan fingerprint density at radius 2 is 1.90 bits per heavy atom. The Bertz CT molecular complexity index is 434. The first-order valence-electron chi connectivity index (χ1n) is 6.78.